The molecule has 1 N–H and O–H groups in total. The Labute approximate surface area is 158 Å². The van der Waals surface area contributed by atoms with Gasteiger partial charge in [0.25, 0.3) is 5.91 Å². The van der Waals surface area contributed by atoms with E-state index in [9.17, 15) is 9.59 Å². The maximum absolute atomic E-state index is 13.0. The van der Waals surface area contributed by atoms with Crippen molar-refractivity contribution in [1.82, 2.24) is 5.32 Å². The molecule has 2 aromatic rings. The van der Waals surface area contributed by atoms with Crippen LogP contribution in [0, 0.1) is 0 Å². The smallest absolute Gasteiger partial charge is 0.294 e. The highest BCUT2D eigenvalue weighted by Crippen LogP contribution is 2.35. The van der Waals surface area contributed by atoms with Crippen molar-refractivity contribution in [3.8, 4) is 5.75 Å². The molecule has 5 nitrogen and oxygen atoms in total. The normalized spacial score (nSPS) is 18.3. The Bertz CT molecular complexity index is 870. The van der Waals surface area contributed by atoms with Gasteiger partial charge in [-0.25, -0.2) is 0 Å². The van der Waals surface area contributed by atoms with Gasteiger partial charge in [0.1, 0.15) is 6.54 Å². The highest BCUT2D eigenvalue weighted by atomic mass is 16.5. The fourth-order valence-electron chi connectivity index (χ4n) is 3.61. The van der Waals surface area contributed by atoms with Crippen LogP contribution in [0.1, 0.15) is 31.2 Å². The molecule has 0 atom stereocenters. The molecule has 2 aliphatic rings. The summed E-state index contributed by atoms with van der Waals surface area (Å²) in [4.78, 5) is 27.0. The highest BCUT2D eigenvalue weighted by molar-refractivity contribution is 6.12. The van der Waals surface area contributed by atoms with Crippen LogP contribution in [0.3, 0.4) is 0 Å². The average molecular weight is 362 g/mol. The van der Waals surface area contributed by atoms with Crippen molar-refractivity contribution < 1.29 is 14.3 Å². The largest absolute Gasteiger partial charge is 0.449 e. The molecule has 0 unspecified atom stereocenters. The van der Waals surface area contributed by atoms with Crippen LogP contribution in [0.25, 0.3) is 6.08 Å². The second-order valence-corrected chi connectivity index (χ2v) is 6.93. The number of hydrogen-bond donors (Lipinski definition) is 1. The summed E-state index contributed by atoms with van der Waals surface area (Å²) in [6.45, 7) is -0.0121. The number of amides is 2. The minimum absolute atomic E-state index is 0.0121. The number of carbonyl (C=O) groups excluding carboxylic acids is 2. The van der Waals surface area contributed by atoms with E-state index in [0.717, 1.165) is 31.2 Å². The number of rotatable bonds is 4. The van der Waals surface area contributed by atoms with Gasteiger partial charge in [-0.3, -0.25) is 14.5 Å². The summed E-state index contributed by atoms with van der Waals surface area (Å²) < 4.78 is 5.83. The van der Waals surface area contributed by atoms with Crippen molar-refractivity contribution in [2.45, 2.75) is 31.7 Å². The third-order valence-electron chi connectivity index (χ3n) is 4.95. The summed E-state index contributed by atoms with van der Waals surface area (Å²) in [6.07, 6.45) is 6.03. The topological polar surface area (TPSA) is 58.6 Å². The Hall–Kier alpha value is -3.08. The lowest BCUT2D eigenvalue weighted by molar-refractivity contribution is -0.123. The number of benzene rings is 2. The van der Waals surface area contributed by atoms with Crippen LogP contribution in [-0.4, -0.2) is 24.4 Å². The molecule has 2 aromatic carbocycles. The molecule has 138 valence electrons. The lowest BCUT2D eigenvalue weighted by atomic mass is 10.1. The average Bonchev–Trinajstić information content (AvgIpc) is 3.19. The third-order valence-corrected chi connectivity index (χ3v) is 4.95. The maximum Gasteiger partial charge on any atom is 0.294 e. The second kappa shape index (κ2) is 7.66. The number of carbonyl (C=O) groups is 2. The molecule has 0 saturated heterocycles. The van der Waals surface area contributed by atoms with E-state index in [1.165, 1.54) is 4.90 Å². The molecule has 1 fully saturated rings. The van der Waals surface area contributed by atoms with Crippen LogP contribution in [-0.2, 0) is 9.59 Å². The molecular weight excluding hydrogens is 340 g/mol. The molecular formula is C22H22N2O3. The fourth-order valence-corrected chi connectivity index (χ4v) is 3.61. The van der Waals surface area contributed by atoms with Crippen molar-refractivity contribution in [1.29, 1.82) is 0 Å². The van der Waals surface area contributed by atoms with Gasteiger partial charge in [0.05, 0.1) is 5.69 Å². The maximum atomic E-state index is 13.0. The fraction of sp³-hybridized carbons (Fsp3) is 0.273. The van der Waals surface area contributed by atoms with Gasteiger partial charge >= 0.3 is 0 Å². The van der Waals surface area contributed by atoms with Gasteiger partial charge in [0, 0.05) is 6.04 Å². The first-order valence-corrected chi connectivity index (χ1v) is 9.35. The molecule has 0 aromatic heterocycles. The van der Waals surface area contributed by atoms with Crippen LogP contribution in [0.4, 0.5) is 5.69 Å². The molecule has 4 rings (SSSR count). The van der Waals surface area contributed by atoms with Crippen LogP contribution < -0.4 is 15.0 Å². The SMILES string of the molecule is O=C(CN1C(=O)C(=Cc2ccccc2)Oc2ccccc21)NC1CCCC1. The molecule has 0 spiro atoms. The van der Waals surface area contributed by atoms with Crippen LogP contribution in [0.2, 0.25) is 0 Å². The molecule has 0 bridgehead atoms. The van der Waals surface area contributed by atoms with E-state index in [-0.39, 0.29) is 30.2 Å². The Balaban J connectivity index is 1.59. The Morgan fingerprint density at radius 2 is 1.78 bits per heavy atom. The predicted molar refractivity (Wildman–Crippen MR) is 104 cm³/mol. The first kappa shape index (κ1) is 17.3. The van der Waals surface area contributed by atoms with Gasteiger partial charge in [-0.15, -0.1) is 0 Å². The summed E-state index contributed by atoms with van der Waals surface area (Å²) in [7, 11) is 0. The van der Waals surface area contributed by atoms with Crippen molar-refractivity contribution in [2.24, 2.45) is 0 Å². The summed E-state index contributed by atoms with van der Waals surface area (Å²) in [5.74, 6) is 0.353. The van der Waals surface area contributed by atoms with Crippen LogP contribution in [0.15, 0.2) is 60.4 Å². The van der Waals surface area contributed by atoms with E-state index in [2.05, 4.69) is 5.32 Å². The van der Waals surface area contributed by atoms with Gasteiger partial charge in [0.2, 0.25) is 5.91 Å². The van der Waals surface area contributed by atoms with Gasteiger partial charge in [-0.1, -0.05) is 55.3 Å². The molecule has 1 aliphatic carbocycles. The van der Waals surface area contributed by atoms with Crippen molar-refractivity contribution in [3.63, 3.8) is 0 Å². The standard InChI is InChI=1S/C22H22N2O3/c25-21(23-17-10-4-5-11-17)15-24-18-12-6-7-13-19(18)27-20(22(24)26)14-16-8-2-1-3-9-16/h1-3,6-9,12-14,17H,4-5,10-11,15H2,(H,23,25). The van der Waals surface area contributed by atoms with Gasteiger partial charge < -0.3 is 10.1 Å². The number of para-hydroxylation sites is 2. The number of nitrogens with zero attached hydrogens (tertiary/aromatic N) is 1. The van der Waals surface area contributed by atoms with E-state index < -0.39 is 0 Å². The Kier molecular flexibility index (Phi) is 4.92. The second-order valence-electron chi connectivity index (χ2n) is 6.93. The highest BCUT2D eigenvalue weighted by Gasteiger charge is 2.32. The summed E-state index contributed by atoms with van der Waals surface area (Å²) >= 11 is 0. The molecule has 2 amide bonds. The van der Waals surface area contributed by atoms with Crippen molar-refractivity contribution in [3.05, 3.63) is 65.9 Å². The first-order chi connectivity index (χ1) is 13.2. The van der Waals surface area contributed by atoms with Crippen LogP contribution >= 0.6 is 0 Å². The molecule has 27 heavy (non-hydrogen) atoms. The predicted octanol–water partition coefficient (Wildman–Crippen LogP) is 3.51. The van der Waals surface area contributed by atoms with Crippen molar-refractivity contribution in [2.75, 3.05) is 11.4 Å². The van der Waals surface area contributed by atoms with E-state index in [4.69, 9.17) is 4.74 Å². The number of nitrogens with one attached hydrogen (secondary N) is 1. The first-order valence-electron chi connectivity index (χ1n) is 9.35. The van der Waals surface area contributed by atoms with Gasteiger partial charge in [-0.05, 0) is 36.6 Å². The quantitative estimate of drug-likeness (QED) is 0.847. The number of ether oxygens (including phenoxy) is 1. The summed E-state index contributed by atoms with van der Waals surface area (Å²) in [5, 5.41) is 3.05. The van der Waals surface area contributed by atoms with E-state index in [0.29, 0.717) is 11.4 Å². The lowest BCUT2D eigenvalue weighted by Gasteiger charge is -2.30. The van der Waals surface area contributed by atoms with Crippen molar-refractivity contribution >= 4 is 23.6 Å². The molecule has 1 saturated carbocycles. The van der Waals surface area contributed by atoms with E-state index in [1.807, 2.05) is 48.5 Å². The Morgan fingerprint density at radius 3 is 2.56 bits per heavy atom. The minimum Gasteiger partial charge on any atom is -0.449 e. The zero-order chi connectivity index (χ0) is 18.6. The monoisotopic (exact) mass is 362 g/mol. The molecule has 1 aliphatic heterocycles. The third kappa shape index (κ3) is 3.87. The molecule has 1 heterocycles. The summed E-state index contributed by atoms with van der Waals surface area (Å²) in [6, 6.07) is 17.1. The van der Waals surface area contributed by atoms with Gasteiger partial charge in [0.15, 0.2) is 11.5 Å². The number of hydrogen-bond acceptors (Lipinski definition) is 3. The zero-order valence-corrected chi connectivity index (χ0v) is 15.1. The Morgan fingerprint density at radius 1 is 1.07 bits per heavy atom. The lowest BCUT2D eigenvalue weighted by Crippen LogP contribution is -2.46. The van der Waals surface area contributed by atoms with E-state index >= 15 is 0 Å². The zero-order valence-electron chi connectivity index (χ0n) is 15.1. The van der Waals surface area contributed by atoms with Crippen LogP contribution in [0.5, 0.6) is 5.75 Å². The molecule has 5 heteroatoms. The number of anilines is 1. The minimum atomic E-state index is -0.306. The number of fused-ring (bicyclic) bond motifs is 1. The van der Waals surface area contributed by atoms with Gasteiger partial charge in [-0.2, -0.15) is 0 Å². The summed E-state index contributed by atoms with van der Waals surface area (Å²) in [5.41, 5.74) is 1.49. The van der Waals surface area contributed by atoms with E-state index in [1.54, 1.807) is 12.1 Å². The molecule has 0 radical (unpaired) electrons.